The molecule has 1 heterocycles. The molecule has 3 rings (SSSR count). The fourth-order valence-corrected chi connectivity index (χ4v) is 3.22. The fourth-order valence-electron chi connectivity index (χ4n) is 2.10. The van der Waals surface area contributed by atoms with Gasteiger partial charge in [0.15, 0.2) is 0 Å². The van der Waals surface area contributed by atoms with Crippen LogP contribution in [-0.2, 0) is 0 Å². The van der Waals surface area contributed by atoms with Gasteiger partial charge in [-0.05, 0) is 25.1 Å². The molecule has 0 atom stereocenters. The van der Waals surface area contributed by atoms with Crippen molar-refractivity contribution in [2.75, 3.05) is 0 Å². The van der Waals surface area contributed by atoms with Gasteiger partial charge in [-0.1, -0.05) is 47.7 Å². The van der Waals surface area contributed by atoms with Gasteiger partial charge in [0.05, 0.1) is 11.1 Å². The van der Waals surface area contributed by atoms with Gasteiger partial charge in [0.2, 0.25) is 0 Å². The normalized spacial score (nSPS) is 10.4. The molecule has 0 bridgehead atoms. The monoisotopic (exact) mass is 276 g/mol. The van der Waals surface area contributed by atoms with Crippen LogP contribution in [0.25, 0.3) is 10.9 Å². The number of rotatable bonds is 2. The van der Waals surface area contributed by atoms with Gasteiger partial charge in [0.25, 0.3) is 0 Å². The van der Waals surface area contributed by atoms with Crippen LogP contribution < -0.4 is 0 Å². The van der Waals surface area contributed by atoms with E-state index in [4.69, 9.17) is 0 Å². The van der Waals surface area contributed by atoms with E-state index < -0.39 is 0 Å². The zero-order valence-corrected chi connectivity index (χ0v) is 11.8. The van der Waals surface area contributed by atoms with Gasteiger partial charge < -0.3 is 0 Å². The average molecular weight is 276 g/mol. The summed E-state index contributed by atoms with van der Waals surface area (Å²) >= 11 is 1.62. The number of nitrogens with zero attached hydrogens (tertiary/aromatic N) is 2. The third-order valence-corrected chi connectivity index (χ3v) is 4.19. The molecule has 0 N–H and O–H groups in total. The van der Waals surface area contributed by atoms with E-state index >= 15 is 0 Å². The Balaban J connectivity index is 2.17. The number of aromatic nitrogens is 1. The lowest BCUT2D eigenvalue weighted by molar-refractivity contribution is 1.29. The highest BCUT2D eigenvalue weighted by Crippen LogP contribution is 2.35. The Bertz CT molecular complexity index is 819. The maximum Gasteiger partial charge on any atom is 0.102 e. The number of nitriles is 1. The lowest BCUT2D eigenvalue weighted by Gasteiger charge is -2.08. The molecule has 2 nitrogen and oxygen atoms in total. The summed E-state index contributed by atoms with van der Waals surface area (Å²) in [6, 6.07) is 18.5. The molecule has 0 unspecified atom stereocenters. The first-order chi connectivity index (χ1) is 9.78. The van der Waals surface area contributed by atoms with Crippen LogP contribution in [0.3, 0.4) is 0 Å². The molecule has 3 aromatic rings. The van der Waals surface area contributed by atoms with Gasteiger partial charge in [-0.2, -0.15) is 5.26 Å². The van der Waals surface area contributed by atoms with Crippen LogP contribution in [0.15, 0.2) is 64.5 Å². The molecule has 0 saturated heterocycles. The van der Waals surface area contributed by atoms with Crippen LogP contribution >= 0.6 is 11.8 Å². The van der Waals surface area contributed by atoms with Crippen molar-refractivity contribution in [3.05, 3.63) is 65.9 Å². The summed E-state index contributed by atoms with van der Waals surface area (Å²) in [5, 5.41) is 10.3. The Morgan fingerprint density at radius 1 is 1.10 bits per heavy atom. The standard InChI is InChI=1S/C17H12N2S/c1-12-5-4-6-14(9-12)20-17-13(10-18)11-19-16-8-3-2-7-15(16)17/h2-9,11H,1H3. The highest BCUT2D eigenvalue weighted by atomic mass is 32.2. The molecule has 3 heteroatoms. The van der Waals surface area contributed by atoms with Gasteiger partial charge in [-0.15, -0.1) is 0 Å². The predicted molar refractivity (Wildman–Crippen MR) is 81.8 cm³/mol. The summed E-state index contributed by atoms with van der Waals surface area (Å²) in [6.45, 7) is 2.07. The first-order valence-corrected chi connectivity index (χ1v) is 7.12. The van der Waals surface area contributed by atoms with Gasteiger partial charge in [-0.25, -0.2) is 0 Å². The van der Waals surface area contributed by atoms with Crippen LogP contribution in [0.2, 0.25) is 0 Å². The molecule has 0 aliphatic heterocycles. The van der Waals surface area contributed by atoms with Gasteiger partial charge >= 0.3 is 0 Å². The molecule has 0 saturated carbocycles. The van der Waals surface area contributed by atoms with Crippen LogP contribution in [0.1, 0.15) is 11.1 Å². The van der Waals surface area contributed by atoms with Crippen LogP contribution in [0.5, 0.6) is 0 Å². The zero-order chi connectivity index (χ0) is 13.9. The van der Waals surface area contributed by atoms with Crippen LogP contribution in [-0.4, -0.2) is 4.98 Å². The van der Waals surface area contributed by atoms with Crippen molar-refractivity contribution < 1.29 is 0 Å². The van der Waals surface area contributed by atoms with Crippen molar-refractivity contribution in [2.45, 2.75) is 16.7 Å². The van der Waals surface area contributed by atoms with E-state index in [1.807, 2.05) is 30.3 Å². The van der Waals surface area contributed by atoms with Gasteiger partial charge in [-0.3, -0.25) is 4.98 Å². The number of para-hydroxylation sites is 1. The third-order valence-electron chi connectivity index (χ3n) is 3.06. The maximum absolute atomic E-state index is 9.31. The predicted octanol–water partition coefficient (Wildman–Crippen LogP) is 4.57. The van der Waals surface area contributed by atoms with E-state index in [2.05, 4.69) is 36.2 Å². The third kappa shape index (κ3) is 2.38. The number of benzene rings is 2. The minimum absolute atomic E-state index is 0.621. The molecule has 0 fully saturated rings. The molecule has 0 aliphatic carbocycles. The highest BCUT2D eigenvalue weighted by Gasteiger charge is 2.10. The van der Waals surface area contributed by atoms with Crippen molar-refractivity contribution in [1.29, 1.82) is 5.26 Å². The van der Waals surface area contributed by atoms with Crippen molar-refractivity contribution >= 4 is 22.7 Å². The minimum Gasteiger partial charge on any atom is -0.255 e. The van der Waals surface area contributed by atoms with E-state index in [0.717, 1.165) is 20.7 Å². The number of hydrogen-bond acceptors (Lipinski definition) is 3. The van der Waals surface area contributed by atoms with E-state index in [-0.39, 0.29) is 0 Å². The number of hydrogen-bond donors (Lipinski definition) is 0. The lowest BCUT2D eigenvalue weighted by Crippen LogP contribution is -1.88. The highest BCUT2D eigenvalue weighted by molar-refractivity contribution is 7.99. The molecular formula is C17H12N2S. The first kappa shape index (κ1) is 12.7. The minimum atomic E-state index is 0.621. The molecule has 96 valence electrons. The van der Waals surface area contributed by atoms with E-state index in [1.165, 1.54) is 5.56 Å². The molecule has 1 aromatic heterocycles. The van der Waals surface area contributed by atoms with E-state index in [9.17, 15) is 5.26 Å². The molecule has 2 aromatic carbocycles. The Morgan fingerprint density at radius 2 is 1.95 bits per heavy atom. The van der Waals surface area contributed by atoms with E-state index in [1.54, 1.807) is 18.0 Å². The Hall–Kier alpha value is -2.31. The number of fused-ring (bicyclic) bond motifs is 1. The van der Waals surface area contributed by atoms with Crippen molar-refractivity contribution in [3.63, 3.8) is 0 Å². The van der Waals surface area contributed by atoms with Crippen molar-refractivity contribution in [2.24, 2.45) is 0 Å². The second kappa shape index (κ2) is 5.36. The summed E-state index contributed by atoms with van der Waals surface area (Å²) in [4.78, 5) is 6.45. The topological polar surface area (TPSA) is 36.7 Å². The zero-order valence-electron chi connectivity index (χ0n) is 11.0. The molecule has 0 spiro atoms. The summed E-state index contributed by atoms with van der Waals surface area (Å²) in [5.74, 6) is 0. The number of pyridine rings is 1. The van der Waals surface area contributed by atoms with Crippen LogP contribution in [0, 0.1) is 18.3 Å². The average Bonchev–Trinajstić information content (AvgIpc) is 2.48. The largest absolute Gasteiger partial charge is 0.255 e. The van der Waals surface area contributed by atoms with Gasteiger partial charge in [0, 0.05) is 21.4 Å². The number of aryl methyl sites for hydroxylation is 1. The maximum atomic E-state index is 9.31. The molecule has 20 heavy (non-hydrogen) atoms. The fraction of sp³-hybridized carbons (Fsp3) is 0.0588. The van der Waals surface area contributed by atoms with Gasteiger partial charge in [0.1, 0.15) is 6.07 Å². The van der Waals surface area contributed by atoms with Crippen LogP contribution in [0.4, 0.5) is 0 Å². The van der Waals surface area contributed by atoms with Crippen molar-refractivity contribution in [1.82, 2.24) is 4.98 Å². The Morgan fingerprint density at radius 3 is 2.75 bits per heavy atom. The molecular weight excluding hydrogens is 264 g/mol. The quantitative estimate of drug-likeness (QED) is 0.688. The Labute approximate surface area is 122 Å². The SMILES string of the molecule is Cc1cccc(Sc2c(C#N)cnc3ccccc23)c1. The summed E-state index contributed by atoms with van der Waals surface area (Å²) in [6.07, 6.45) is 1.65. The van der Waals surface area contributed by atoms with Crippen molar-refractivity contribution in [3.8, 4) is 6.07 Å². The summed E-state index contributed by atoms with van der Waals surface area (Å²) in [7, 11) is 0. The summed E-state index contributed by atoms with van der Waals surface area (Å²) < 4.78 is 0. The smallest absolute Gasteiger partial charge is 0.102 e. The van der Waals surface area contributed by atoms with E-state index in [0.29, 0.717) is 5.56 Å². The lowest BCUT2D eigenvalue weighted by atomic mass is 10.2. The molecule has 0 amide bonds. The second-order valence-electron chi connectivity index (χ2n) is 4.55. The molecule has 0 aliphatic rings. The molecule has 0 radical (unpaired) electrons. The first-order valence-electron chi connectivity index (χ1n) is 6.30. The second-order valence-corrected chi connectivity index (χ2v) is 5.63. The summed E-state index contributed by atoms with van der Waals surface area (Å²) in [5.41, 5.74) is 2.75. The Kier molecular flexibility index (Phi) is 3.41.